The summed E-state index contributed by atoms with van der Waals surface area (Å²) in [6.07, 6.45) is 0. The van der Waals surface area contributed by atoms with Gasteiger partial charge in [0.2, 0.25) is 0 Å². The van der Waals surface area contributed by atoms with E-state index in [-0.39, 0.29) is 5.70 Å². The Balaban J connectivity index is 2.56. The fourth-order valence-corrected chi connectivity index (χ4v) is 1.82. The van der Waals surface area contributed by atoms with E-state index in [4.69, 9.17) is 9.84 Å². The molecule has 78 valence electrons. The molecular weight excluding hydrogens is 206 g/mol. The maximum Gasteiger partial charge on any atom is 0.352 e. The second-order valence-corrected chi connectivity index (χ2v) is 3.52. The number of hydrogen-bond donors (Lipinski definition) is 2. The van der Waals surface area contributed by atoms with Crippen LogP contribution in [0.2, 0.25) is 0 Å². The number of nitrogens with one attached hydrogen (secondary N) is 1. The van der Waals surface area contributed by atoms with E-state index in [9.17, 15) is 9.59 Å². The maximum absolute atomic E-state index is 11.2. The molecule has 0 saturated heterocycles. The van der Waals surface area contributed by atoms with Crippen LogP contribution in [-0.2, 0) is 14.3 Å². The third-order valence-corrected chi connectivity index (χ3v) is 2.52. The molecule has 0 aliphatic carbocycles. The predicted molar refractivity (Wildman–Crippen MR) is 51.7 cm³/mol. The van der Waals surface area contributed by atoms with Crippen LogP contribution < -0.4 is 5.32 Å². The molecule has 0 aromatic carbocycles. The van der Waals surface area contributed by atoms with E-state index in [1.165, 1.54) is 17.2 Å². The fraction of sp³-hybridized carbons (Fsp3) is 0.500. The van der Waals surface area contributed by atoms with Gasteiger partial charge in [-0.2, -0.15) is 0 Å². The summed E-state index contributed by atoms with van der Waals surface area (Å²) < 4.78 is 4.77. The number of aliphatic carboxylic acids is 1. The summed E-state index contributed by atoms with van der Waals surface area (Å²) in [4.78, 5) is 21.8. The van der Waals surface area contributed by atoms with Gasteiger partial charge in [0.05, 0.1) is 6.61 Å². The van der Waals surface area contributed by atoms with E-state index in [2.05, 4.69) is 5.32 Å². The summed E-state index contributed by atoms with van der Waals surface area (Å²) in [5, 5.41) is 12.8. The molecule has 0 fully saturated rings. The van der Waals surface area contributed by atoms with Gasteiger partial charge in [0.1, 0.15) is 11.7 Å². The first-order valence-corrected chi connectivity index (χ1v) is 5.18. The van der Waals surface area contributed by atoms with Crippen LogP contribution in [0.25, 0.3) is 0 Å². The Kier molecular flexibility index (Phi) is 3.82. The minimum atomic E-state index is -1.06. The Morgan fingerprint density at radius 2 is 2.50 bits per heavy atom. The van der Waals surface area contributed by atoms with Gasteiger partial charge < -0.3 is 15.2 Å². The molecule has 0 saturated carbocycles. The minimum absolute atomic E-state index is 0.0410. The zero-order chi connectivity index (χ0) is 10.6. The van der Waals surface area contributed by atoms with Crippen LogP contribution in [-0.4, -0.2) is 35.4 Å². The van der Waals surface area contributed by atoms with Crippen LogP contribution in [0.15, 0.2) is 11.1 Å². The molecule has 0 spiro atoms. The number of esters is 1. The predicted octanol–water partition coefficient (Wildman–Crippen LogP) is 0.180. The highest BCUT2D eigenvalue weighted by Gasteiger charge is 2.25. The van der Waals surface area contributed by atoms with Gasteiger partial charge in [0.25, 0.3) is 0 Å². The first-order valence-electron chi connectivity index (χ1n) is 4.13. The Morgan fingerprint density at radius 3 is 3.07 bits per heavy atom. The molecule has 0 unspecified atom stereocenters. The number of rotatable bonds is 3. The Hall–Kier alpha value is -1.17. The van der Waals surface area contributed by atoms with Crippen molar-refractivity contribution in [2.75, 3.05) is 12.4 Å². The highest BCUT2D eigenvalue weighted by Crippen LogP contribution is 2.15. The van der Waals surface area contributed by atoms with Crippen molar-refractivity contribution in [2.24, 2.45) is 0 Å². The lowest BCUT2D eigenvalue weighted by atomic mass is 10.3. The highest BCUT2D eigenvalue weighted by atomic mass is 32.2. The van der Waals surface area contributed by atoms with Gasteiger partial charge in [0.15, 0.2) is 0 Å². The number of ether oxygens (including phenoxy) is 1. The van der Waals surface area contributed by atoms with Crippen molar-refractivity contribution in [1.82, 2.24) is 5.32 Å². The number of carbonyl (C=O) groups is 2. The standard InChI is InChI=1S/C8H11NO4S/c1-2-13-8(12)6-4-14-3-5(9-6)7(10)11/h3,6,9H,2,4H2,1H3,(H,10,11)/t6-/m0/s1. The number of carboxylic acid groups (broad SMARTS) is 1. The second kappa shape index (κ2) is 4.90. The van der Waals surface area contributed by atoms with Crippen molar-refractivity contribution in [3.05, 3.63) is 11.1 Å². The number of hydrogen-bond acceptors (Lipinski definition) is 5. The molecule has 1 aliphatic rings. The van der Waals surface area contributed by atoms with Crippen molar-refractivity contribution in [3.8, 4) is 0 Å². The van der Waals surface area contributed by atoms with Gasteiger partial charge in [-0.15, -0.1) is 11.8 Å². The van der Waals surface area contributed by atoms with Crippen LogP contribution >= 0.6 is 11.8 Å². The topological polar surface area (TPSA) is 75.6 Å². The first-order chi connectivity index (χ1) is 6.65. The SMILES string of the molecule is CCOC(=O)[C@@H]1CSC=C(C(=O)O)N1. The summed E-state index contributed by atoms with van der Waals surface area (Å²) in [5.41, 5.74) is 0.0410. The molecule has 14 heavy (non-hydrogen) atoms. The molecule has 5 nitrogen and oxygen atoms in total. The van der Waals surface area contributed by atoms with Crippen LogP contribution in [0.4, 0.5) is 0 Å². The van der Waals surface area contributed by atoms with Crippen molar-refractivity contribution in [2.45, 2.75) is 13.0 Å². The first kappa shape index (κ1) is 10.9. The van der Waals surface area contributed by atoms with Crippen LogP contribution in [0, 0.1) is 0 Å². The summed E-state index contributed by atoms with van der Waals surface area (Å²) in [6, 6.07) is -0.559. The van der Waals surface area contributed by atoms with E-state index in [0.717, 1.165) is 0 Å². The average molecular weight is 217 g/mol. The molecule has 1 heterocycles. The number of thioether (sulfide) groups is 1. The van der Waals surface area contributed by atoms with E-state index >= 15 is 0 Å². The van der Waals surface area contributed by atoms with Gasteiger partial charge in [-0.05, 0) is 6.92 Å². The molecular formula is C8H11NO4S. The van der Waals surface area contributed by atoms with Crippen molar-refractivity contribution in [3.63, 3.8) is 0 Å². The molecule has 0 bridgehead atoms. The zero-order valence-electron chi connectivity index (χ0n) is 7.65. The lowest BCUT2D eigenvalue weighted by Gasteiger charge is -2.21. The van der Waals surface area contributed by atoms with Crippen LogP contribution in [0.5, 0.6) is 0 Å². The lowest BCUT2D eigenvalue weighted by molar-refractivity contribution is -0.144. The summed E-state index contributed by atoms with van der Waals surface area (Å²) in [6.45, 7) is 2.01. The van der Waals surface area contributed by atoms with Gasteiger partial charge in [-0.3, -0.25) is 0 Å². The second-order valence-electron chi connectivity index (χ2n) is 2.62. The van der Waals surface area contributed by atoms with Crippen LogP contribution in [0.1, 0.15) is 6.92 Å². The Labute approximate surface area is 85.5 Å². The fourth-order valence-electron chi connectivity index (χ4n) is 0.973. The van der Waals surface area contributed by atoms with Gasteiger partial charge in [-0.25, -0.2) is 9.59 Å². The Bertz CT molecular complexity index is 277. The normalized spacial score (nSPS) is 20.6. The molecule has 2 N–H and O–H groups in total. The molecule has 6 heteroatoms. The molecule has 0 radical (unpaired) electrons. The van der Waals surface area contributed by atoms with Crippen molar-refractivity contribution < 1.29 is 19.4 Å². The van der Waals surface area contributed by atoms with E-state index in [1.54, 1.807) is 6.92 Å². The van der Waals surface area contributed by atoms with Crippen molar-refractivity contribution >= 4 is 23.7 Å². The maximum atomic E-state index is 11.2. The van der Waals surface area contributed by atoms with Gasteiger partial charge in [0, 0.05) is 11.2 Å². The van der Waals surface area contributed by atoms with E-state index < -0.39 is 18.0 Å². The third-order valence-electron chi connectivity index (χ3n) is 1.60. The molecule has 0 aromatic heterocycles. The third kappa shape index (κ3) is 2.66. The molecule has 0 aromatic rings. The molecule has 1 atom stereocenters. The largest absolute Gasteiger partial charge is 0.477 e. The smallest absolute Gasteiger partial charge is 0.352 e. The zero-order valence-corrected chi connectivity index (χ0v) is 8.47. The van der Waals surface area contributed by atoms with Gasteiger partial charge in [-0.1, -0.05) is 0 Å². The highest BCUT2D eigenvalue weighted by molar-refractivity contribution is 8.02. The van der Waals surface area contributed by atoms with Gasteiger partial charge >= 0.3 is 11.9 Å². The van der Waals surface area contributed by atoms with E-state index in [1.807, 2.05) is 0 Å². The molecule has 1 aliphatic heterocycles. The average Bonchev–Trinajstić information content (AvgIpc) is 2.18. The number of carbonyl (C=O) groups excluding carboxylic acids is 1. The molecule has 0 amide bonds. The van der Waals surface area contributed by atoms with Crippen molar-refractivity contribution in [1.29, 1.82) is 0 Å². The number of carboxylic acids is 1. The minimum Gasteiger partial charge on any atom is -0.477 e. The summed E-state index contributed by atoms with van der Waals surface area (Å²) in [7, 11) is 0. The quantitative estimate of drug-likeness (QED) is 0.657. The monoisotopic (exact) mass is 217 g/mol. The summed E-state index contributed by atoms with van der Waals surface area (Å²) >= 11 is 1.29. The van der Waals surface area contributed by atoms with E-state index in [0.29, 0.717) is 12.4 Å². The molecule has 1 rings (SSSR count). The Morgan fingerprint density at radius 1 is 1.79 bits per heavy atom. The summed E-state index contributed by atoms with van der Waals surface area (Å²) in [5.74, 6) is -0.978. The van der Waals surface area contributed by atoms with Crippen LogP contribution in [0.3, 0.4) is 0 Å². The lowest BCUT2D eigenvalue weighted by Crippen LogP contribution is -2.43.